The van der Waals surface area contributed by atoms with E-state index in [9.17, 15) is 8.42 Å². The molecular formula is C16H26N2O2S. The Morgan fingerprint density at radius 2 is 1.90 bits per heavy atom. The predicted molar refractivity (Wildman–Crippen MR) is 85.7 cm³/mol. The van der Waals surface area contributed by atoms with Gasteiger partial charge in [-0.05, 0) is 42.4 Å². The molecule has 0 unspecified atom stereocenters. The van der Waals surface area contributed by atoms with Crippen LogP contribution >= 0.6 is 0 Å². The number of nitrogens with one attached hydrogen (secondary N) is 2. The Morgan fingerprint density at radius 1 is 1.24 bits per heavy atom. The zero-order valence-corrected chi connectivity index (χ0v) is 14.2. The van der Waals surface area contributed by atoms with Gasteiger partial charge in [-0.25, -0.2) is 13.1 Å². The fourth-order valence-corrected chi connectivity index (χ4v) is 3.56. The Bertz CT molecular complexity index is 599. The molecule has 1 aromatic carbocycles. The van der Waals surface area contributed by atoms with E-state index in [1.54, 1.807) is 6.07 Å². The fraction of sp³-hybridized carbons (Fsp3) is 0.625. The van der Waals surface area contributed by atoms with E-state index in [0.717, 1.165) is 17.7 Å². The van der Waals surface area contributed by atoms with Gasteiger partial charge in [-0.3, -0.25) is 0 Å². The molecule has 0 aliphatic heterocycles. The van der Waals surface area contributed by atoms with Crippen LogP contribution in [0.15, 0.2) is 23.1 Å². The lowest BCUT2D eigenvalue weighted by Gasteiger charge is -2.19. The van der Waals surface area contributed by atoms with Crippen molar-refractivity contribution in [3.63, 3.8) is 0 Å². The lowest BCUT2D eigenvalue weighted by molar-refractivity contribution is 0.407. The molecule has 1 aromatic rings. The lowest BCUT2D eigenvalue weighted by atomic mass is 9.98. The van der Waals surface area contributed by atoms with Gasteiger partial charge in [0.2, 0.25) is 10.0 Å². The monoisotopic (exact) mass is 310 g/mol. The van der Waals surface area contributed by atoms with Crippen molar-refractivity contribution in [1.29, 1.82) is 0 Å². The molecule has 0 bridgehead atoms. The third-order valence-corrected chi connectivity index (χ3v) is 5.05. The molecule has 0 atom stereocenters. The number of benzene rings is 1. The van der Waals surface area contributed by atoms with E-state index in [0.29, 0.717) is 17.5 Å². The quantitative estimate of drug-likeness (QED) is 0.849. The van der Waals surface area contributed by atoms with Gasteiger partial charge >= 0.3 is 0 Å². The molecule has 0 spiro atoms. The summed E-state index contributed by atoms with van der Waals surface area (Å²) >= 11 is 0. The molecule has 0 saturated heterocycles. The molecule has 118 valence electrons. The zero-order valence-electron chi connectivity index (χ0n) is 13.4. The van der Waals surface area contributed by atoms with E-state index < -0.39 is 10.0 Å². The Morgan fingerprint density at radius 3 is 2.48 bits per heavy atom. The largest absolute Gasteiger partial charge is 0.310 e. The summed E-state index contributed by atoms with van der Waals surface area (Å²) in [6.45, 7) is 9.03. The summed E-state index contributed by atoms with van der Waals surface area (Å²) in [4.78, 5) is 0.391. The summed E-state index contributed by atoms with van der Waals surface area (Å²) in [5.41, 5.74) is 1.72. The van der Waals surface area contributed by atoms with Crippen LogP contribution in [0.2, 0.25) is 0 Å². The topological polar surface area (TPSA) is 58.2 Å². The average Bonchev–Trinajstić information content (AvgIpc) is 3.19. The van der Waals surface area contributed by atoms with Crippen LogP contribution in [-0.2, 0) is 16.6 Å². The molecule has 2 N–H and O–H groups in total. The van der Waals surface area contributed by atoms with Crippen LogP contribution in [0.1, 0.15) is 44.7 Å². The number of aryl methyl sites for hydroxylation is 1. The van der Waals surface area contributed by atoms with Crippen LogP contribution in [0.25, 0.3) is 0 Å². The predicted octanol–water partition coefficient (Wildman–Crippen LogP) is 2.57. The molecule has 1 aliphatic rings. The Kier molecular flexibility index (Phi) is 4.76. The van der Waals surface area contributed by atoms with E-state index in [1.165, 1.54) is 12.8 Å². The van der Waals surface area contributed by atoms with Gasteiger partial charge in [-0.1, -0.05) is 32.9 Å². The molecule has 21 heavy (non-hydrogen) atoms. The maximum absolute atomic E-state index is 12.5. The van der Waals surface area contributed by atoms with E-state index in [4.69, 9.17) is 0 Å². The second kappa shape index (κ2) is 6.07. The molecule has 4 nitrogen and oxygen atoms in total. The summed E-state index contributed by atoms with van der Waals surface area (Å²) in [7, 11) is -3.45. The van der Waals surface area contributed by atoms with Gasteiger partial charge in [-0.2, -0.15) is 0 Å². The molecule has 1 fully saturated rings. The summed E-state index contributed by atoms with van der Waals surface area (Å²) < 4.78 is 27.7. The Hall–Kier alpha value is -0.910. The third kappa shape index (κ3) is 5.09. The number of sulfonamides is 1. The van der Waals surface area contributed by atoms with E-state index in [1.807, 2.05) is 39.8 Å². The SMILES string of the molecule is Cc1ccc(CNC2CC2)cc1S(=O)(=O)NCC(C)(C)C. The maximum Gasteiger partial charge on any atom is 0.240 e. The van der Waals surface area contributed by atoms with Gasteiger partial charge in [0.25, 0.3) is 0 Å². The van der Waals surface area contributed by atoms with Crippen molar-refractivity contribution in [2.45, 2.75) is 58.0 Å². The van der Waals surface area contributed by atoms with Gasteiger partial charge in [0.05, 0.1) is 4.90 Å². The third-order valence-electron chi connectivity index (χ3n) is 3.51. The number of rotatable bonds is 6. The van der Waals surface area contributed by atoms with Gasteiger partial charge in [-0.15, -0.1) is 0 Å². The van der Waals surface area contributed by atoms with E-state index in [-0.39, 0.29) is 5.41 Å². The molecule has 0 heterocycles. The normalized spacial score (nSPS) is 16.2. The maximum atomic E-state index is 12.5. The molecule has 1 aliphatic carbocycles. The van der Waals surface area contributed by atoms with Crippen LogP contribution in [0.4, 0.5) is 0 Å². The highest BCUT2D eigenvalue weighted by Crippen LogP contribution is 2.21. The summed E-state index contributed by atoms with van der Waals surface area (Å²) in [6.07, 6.45) is 2.45. The average molecular weight is 310 g/mol. The zero-order chi connectivity index (χ0) is 15.7. The Balaban J connectivity index is 2.13. The van der Waals surface area contributed by atoms with Crippen molar-refractivity contribution in [3.8, 4) is 0 Å². The minimum Gasteiger partial charge on any atom is -0.310 e. The summed E-state index contributed by atoms with van der Waals surface area (Å²) in [5.74, 6) is 0. The van der Waals surface area contributed by atoms with Crippen molar-refractivity contribution in [2.24, 2.45) is 5.41 Å². The standard InChI is InChI=1S/C16H26N2O2S/c1-12-5-6-13(10-17-14-7-8-14)9-15(12)21(19,20)18-11-16(2,3)4/h5-6,9,14,17-18H,7-8,10-11H2,1-4H3. The molecule has 2 rings (SSSR count). The first-order chi connectivity index (χ1) is 9.67. The van der Waals surface area contributed by atoms with Crippen LogP contribution in [-0.4, -0.2) is 21.0 Å². The van der Waals surface area contributed by atoms with Crippen molar-refractivity contribution < 1.29 is 8.42 Å². The van der Waals surface area contributed by atoms with Crippen LogP contribution in [0.3, 0.4) is 0 Å². The van der Waals surface area contributed by atoms with E-state index in [2.05, 4.69) is 10.0 Å². The van der Waals surface area contributed by atoms with Gasteiger partial charge in [0.1, 0.15) is 0 Å². The molecule has 5 heteroatoms. The van der Waals surface area contributed by atoms with Crippen LogP contribution in [0.5, 0.6) is 0 Å². The van der Waals surface area contributed by atoms with Crippen molar-refractivity contribution >= 4 is 10.0 Å². The molecule has 1 saturated carbocycles. The molecule has 0 aromatic heterocycles. The molecule has 0 radical (unpaired) electrons. The highest BCUT2D eigenvalue weighted by atomic mass is 32.2. The first kappa shape index (κ1) is 16.5. The van der Waals surface area contributed by atoms with Crippen LogP contribution in [0, 0.1) is 12.3 Å². The summed E-state index contributed by atoms with van der Waals surface area (Å²) in [5, 5.41) is 3.41. The minimum atomic E-state index is -3.45. The molecule has 0 amide bonds. The van der Waals surface area contributed by atoms with Crippen LogP contribution < -0.4 is 10.0 Å². The van der Waals surface area contributed by atoms with Gasteiger partial charge < -0.3 is 5.32 Å². The molecular weight excluding hydrogens is 284 g/mol. The Labute approximate surface area is 128 Å². The minimum absolute atomic E-state index is 0.0773. The van der Waals surface area contributed by atoms with Crippen molar-refractivity contribution in [2.75, 3.05) is 6.54 Å². The fourth-order valence-electron chi connectivity index (χ4n) is 1.98. The summed E-state index contributed by atoms with van der Waals surface area (Å²) in [6, 6.07) is 6.28. The first-order valence-corrected chi connectivity index (χ1v) is 8.98. The number of hydrogen-bond donors (Lipinski definition) is 2. The van der Waals surface area contributed by atoms with Crippen molar-refractivity contribution in [3.05, 3.63) is 29.3 Å². The highest BCUT2D eigenvalue weighted by molar-refractivity contribution is 7.89. The number of hydrogen-bond acceptors (Lipinski definition) is 3. The van der Waals surface area contributed by atoms with E-state index >= 15 is 0 Å². The second-order valence-electron chi connectivity index (χ2n) is 7.14. The first-order valence-electron chi connectivity index (χ1n) is 7.50. The smallest absolute Gasteiger partial charge is 0.240 e. The highest BCUT2D eigenvalue weighted by Gasteiger charge is 2.22. The van der Waals surface area contributed by atoms with Gasteiger partial charge in [0.15, 0.2) is 0 Å². The van der Waals surface area contributed by atoms with Crippen molar-refractivity contribution in [1.82, 2.24) is 10.0 Å². The lowest BCUT2D eigenvalue weighted by Crippen LogP contribution is -2.32. The van der Waals surface area contributed by atoms with Gasteiger partial charge in [0, 0.05) is 19.1 Å². The second-order valence-corrected chi connectivity index (χ2v) is 8.88.